The van der Waals surface area contributed by atoms with Crippen LogP contribution in [0.15, 0.2) is 52.3 Å². The summed E-state index contributed by atoms with van der Waals surface area (Å²) in [5.41, 5.74) is 1.49. The van der Waals surface area contributed by atoms with Crippen LogP contribution in [0, 0.1) is 0 Å². The van der Waals surface area contributed by atoms with Crippen LogP contribution >= 0.6 is 11.8 Å². The van der Waals surface area contributed by atoms with E-state index < -0.39 is 10.0 Å². The highest BCUT2D eigenvalue weighted by atomic mass is 32.2. The summed E-state index contributed by atoms with van der Waals surface area (Å²) >= 11 is 1.45. The van der Waals surface area contributed by atoms with Gasteiger partial charge < -0.3 is 10.6 Å². The highest BCUT2D eigenvalue weighted by molar-refractivity contribution is 8.01. The number of nitrogens with one attached hydrogen (secondary N) is 2. The van der Waals surface area contributed by atoms with Crippen LogP contribution < -0.4 is 10.6 Å². The zero-order chi connectivity index (χ0) is 19.8. The first-order valence-corrected chi connectivity index (χ1v) is 10.5. The predicted octanol–water partition coefficient (Wildman–Crippen LogP) is 2.62. The summed E-state index contributed by atoms with van der Waals surface area (Å²) in [6.45, 7) is 1.82. The van der Waals surface area contributed by atoms with Gasteiger partial charge in [0, 0.05) is 30.2 Å². The molecule has 27 heavy (non-hydrogen) atoms. The van der Waals surface area contributed by atoms with Gasteiger partial charge in [0.15, 0.2) is 0 Å². The molecule has 9 heteroatoms. The number of amides is 2. The van der Waals surface area contributed by atoms with Crippen molar-refractivity contribution in [3.63, 3.8) is 0 Å². The maximum Gasteiger partial charge on any atom is 0.255 e. The first-order valence-electron chi connectivity index (χ1n) is 8.14. The second-order valence-electron chi connectivity index (χ2n) is 6.23. The number of hydrogen-bond acceptors (Lipinski definition) is 5. The summed E-state index contributed by atoms with van der Waals surface area (Å²) in [5, 5.41) is 5.35. The van der Waals surface area contributed by atoms with Crippen molar-refractivity contribution in [1.82, 2.24) is 4.31 Å². The Morgan fingerprint density at radius 1 is 1.15 bits per heavy atom. The minimum absolute atomic E-state index is 0.0947. The fourth-order valence-corrected chi connectivity index (χ4v) is 4.31. The molecule has 1 aliphatic rings. The minimum atomic E-state index is -3.52. The van der Waals surface area contributed by atoms with Crippen LogP contribution in [-0.2, 0) is 14.8 Å². The lowest BCUT2D eigenvalue weighted by atomic mass is 10.1. The molecule has 0 saturated heterocycles. The van der Waals surface area contributed by atoms with E-state index in [4.69, 9.17) is 0 Å². The first-order chi connectivity index (χ1) is 12.7. The van der Waals surface area contributed by atoms with E-state index in [-0.39, 0.29) is 22.0 Å². The predicted molar refractivity (Wildman–Crippen MR) is 106 cm³/mol. The maximum atomic E-state index is 12.5. The zero-order valence-corrected chi connectivity index (χ0v) is 16.6. The molecule has 0 bridgehead atoms. The summed E-state index contributed by atoms with van der Waals surface area (Å²) in [7, 11) is -0.602. The summed E-state index contributed by atoms with van der Waals surface area (Å²) < 4.78 is 25.3. The maximum absolute atomic E-state index is 12.5. The van der Waals surface area contributed by atoms with Crippen LogP contribution in [0.25, 0.3) is 0 Å². The summed E-state index contributed by atoms with van der Waals surface area (Å²) in [5.74, 6) is -0.443. The Bertz CT molecular complexity index is 1000. The molecule has 2 aromatic rings. The van der Waals surface area contributed by atoms with Crippen molar-refractivity contribution in [3.05, 3.63) is 48.0 Å². The molecule has 0 unspecified atom stereocenters. The van der Waals surface area contributed by atoms with E-state index in [2.05, 4.69) is 10.6 Å². The molecule has 0 radical (unpaired) electrons. The number of sulfonamides is 1. The molecule has 0 aliphatic carbocycles. The molecule has 2 amide bonds. The Labute approximate surface area is 162 Å². The van der Waals surface area contributed by atoms with Gasteiger partial charge >= 0.3 is 0 Å². The average molecular weight is 406 g/mol. The van der Waals surface area contributed by atoms with Crippen molar-refractivity contribution in [2.75, 3.05) is 24.7 Å². The zero-order valence-electron chi connectivity index (χ0n) is 15.0. The third-order valence-corrected chi connectivity index (χ3v) is 7.07. The second kappa shape index (κ2) is 7.34. The third-order valence-electron chi connectivity index (χ3n) is 4.06. The number of rotatable bonds is 4. The molecule has 7 nitrogen and oxygen atoms in total. The fraction of sp³-hybridized carbons (Fsp3) is 0.222. The average Bonchev–Trinajstić information content (AvgIpc) is 2.62. The molecule has 2 N–H and O–H groups in total. The summed E-state index contributed by atoms with van der Waals surface area (Å²) in [6.07, 6.45) is 0. The topological polar surface area (TPSA) is 95.6 Å². The second-order valence-corrected chi connectivity index (χ2v) is 9.76. The van der Waals surface area contributed by atoms with Gasteiger partial charge in [-0.05, 0) is 49.4 Å². The van der Waals surface area contributed by atoms with Crippen LogP contribution in [0.4, 0.5) is 11.4 Å². The van der Waals surface area contributed by atoms with Crippen molar-refractivity contribution >= 4 is 45.0 Å². The van der Waals surface area contributed by atoms with Gasteiger partial charge in [-0.25, -0.2) is 12.7 Å². The number of nitrogens with zero attached hydrogens (tertiary/aromatic N) is 1. The quantitative estimate of drug-likeness (QED) is 0.815. The van der Waals surface area contributed by atoms with E-state index in [1.54, 1.807) is 18.2 Å². The van der Waals surface area contributed by atoms with Gasteiger partial charge in [0.1, 0.15) is 0 Å². The van der Waals surface area contributed by atoms with Crippen molar-refractivity contribution in [2.24, 2.45) is 0 Å². The van der Waals surface area contributed by atoms with Crippen molar-refractivity contribution in [3.8, 4) is 0 Å². The lowest BCUT2D eigenvalue weighted by Crippen LogP contribution is -2.26. The van der Waals surface area contributed by atoms with Crippen LogP contribution in [0.1, 0.15) is 17.3 Å². The molecule has 2 aromatic carbocycles. The van der Waals surface area contributed by atoms with Gasteiger partial charge in [0.25, 0.3) is 5.91 Å². The number of thioether (sulfide) groups is 1. The number of carbonyl (C=O) groups excluding carboxylic acids is 2. The van der Waals surface area contributed by atoms with E-state index in [9.17, 15) is 18.0 Å². The van der Waals surface area contributed by atoms with Gasteiger partial charge in [0.2, 0.25) is 15.9 Å². The molecule has 0 aromatic heterocycles. The van der Waals surface area contributed by atoms with Gasteiger partial charge in [-0.2, -0.15) is 0 Å². The number of carbonyl (C=O) groups is 2. The fourth-order valence-electron chi connectivity index (χ4n) is 2.47. The number of anilines is 2. The standard InChI is InChI=1S/C18H19N3O4S2/c1-11-17(22)20-15-10-12(4-9-16(15)26-11)18(23)19-13-5-7-14(8-6-13)27(24,25)21(2)3/h4-11H,1-3H3,(H,19,23)(H,20,22)/t11-/m0/s1. The Balaban J connectivity index is 1.76. The Kier molecular flexibility index (Phi) is 5.27. The van der Waals surface area contributed by atoms with Crippen molar-refractivity contribution in [2.45, 2.75) is 22.0 Å². The third kappa shape index (κ3) is 4.00. The lowest BCUT2D eigenvalue weighted by molar-refractivity contribution is -0.115. The monoisotopic (exact) mass is 405 g/mol. The van der Waals surface area contributed by atoms with Crippen molar-refractivity contribution in [1.29, 1.82) is 0 Å². The van der Waals surface area contributed by atoms with Crippen LogP contribution in [0.2, 0.25) is 0 Å². The van der Waals surface area contributed by atoms with Gasteiger partial charge in [0.05, 0.1) is 15.8 Å². The van der Waals surface area contributed by atoms with Gasteiger partial charge in [-0.3, -0.25) is 9.59 Å². The number of benzene rings is 2. The van der Waals surface area contributed by atoms with E-state index >= 15 is 0 Å². The summed E-state index contributed by atoms with van der Waals surface area (Å²) in [4.78, 5) is 25.3. The number of hydrogen-bond donors (Lipinski definition) is 2. The van der Waals surface area contributed by atoms with Gasteiger partial charge in [-0.15, -0.1) is 11.8 Å². The Morgan fingerprint density at radius 3 is 2.44 bits per heavy atom. The number of fused-ring (bicyclic) bond motifs is 1. The van der Waals surface area contributed by atoms with E-state index in [0.717, 1.165) is 9.20 Å². The van der Waals surface area contributed by atoms with Gasteiger partial charge in [-0.1, -0.05) is 0 Å². The molecular formula is C18H19N3O4S2. The van der Waals surface area contributed by atoms with Crippen molar-refractivity contribution < 1.29 is 18.0 Å². The molecular weight excluding hydrogens is 386 g/mol. The molecule has 0 spiro atoms. The lowest BCUT2D eigenvalue weighted by Gasteiger charge is -2.21. The highest BCUT2D eigenvalue weighted by Crippen LogP contribution is 2.36. The van der Waals surface area contributed by atoms with E-state index in [1.807, 2.05) is 6.92 Å². The van der Waals surface area contributed by atoms with Crippen LogP contribution in [0.5, 0.6) is 0 Å². The summed E-state index contributed by atoms with van der Waals surface area (Å²) in [6, 6.07) is 11.1. The Morgan fingerprint density at radius 2 is 1.81 bits per heavy atom. The first kappa shape index (κ1) is 19.4. The molecule has 0 fully saturated rings. The molecule has 3 rings (SSSR count). The van der Waals surface area contributed by atoms with Crippen LogP contribution in [0.3, 0.4) is 0 Å². The molecule has 1 atom stereocenters. The molecule has 0 saturated carbocycles. The molecule has 1 heterocycles. The smallest absolute Gasteiger partial charge is 0.255 e. The van der Waals surface area contributed by atoms with Crippen LogP contribution in [-0.4, -0.2) is 43.9 Å². The van der Waals surface area contributed by atoms with E-state index in [0.29, 0.717) is 16.9 Å². The van der Waals surface area contributed by atoms with E-state index in [1.165, 1.54) is 50.1 Å². The molecule has 1 aliphatic heterocycles. The Hall–Kier alpha value is -2.36. The minimum Gasteiger partial charge on any atom is -0.324 e. The highest BCUT2D eigenvalue weighted by Gasteiger charge is 2.24. The SMILES string of the molecule is C[C@@H]1Sc2ccc(C(=O)Nc3ccc(S(=O)(=O)N(C)C)cc3)cc2NC1=O. The largest absolute Gasteiger partial charge is 0.324 e. The molecule has 142 valence electrons. The normalized spacial score (nSPS) is 16.6.